The summed E-state index contributed by atoms with van der Waals surface area (Å²) in [6.07, 6.45) is 1.73. The maximum atomic E-state index is 12.8. The van der Waals surface area contributed by atoms with Crippen LogP contribution in [0.3, 0.4) is 0 Å². The monoisotopic (exact) mass is 262 g/mol. The summed E-state index contributed by atoms with van der Waals surface area (Å²) in [7, 11) is 0. The highest BCUT2D eigenvalue weighted by molar-refractivity contribution is 5.42. The van der Waals surface area contributed by atoms with Crippen molar-refractivity contribution in [3.05, 3.63) is 41.7 Å². The van der Waals surface area contributed by atoms with Gasteiger partial charge in [-0.15, -0.1) is 0 Å². The predicted octanol–water partition coefficient (Wildman–Crippen LogP) is 2.65. The second kappa shape index (κ2) is 6.31. The number of anilines is 1. The van der Waals surface area contributed by atoms with Crippen molar-refractivity contribution in [2.75, 3.05) is 11.9 Å². The molecule has 0 saturated heterocycles. The van der Waals surface area contributed by atoms with Crippen LogP contribution in [0.1, 0.15) is 25.5 Å². The van der Waals surface area contributed by atoms with E-state index in [4.69, 9.17) is 0 Å². The molecule has 1 heterocycles. The van der Waals surface area contributed by atoms with E-state index < -0.39 is 0 Å². The third-order valence-corrected chi connectivity index (χ3v) is 2.92. The molecule has 4 nitrogen and oxygen atoms in total. The van der Waals surface area contributed by atoms with Crippen molar-refractivity contribution in [3.8, 4) is 0 Å². The summed E-state index contributed by atoms with van der Waals surface area (Å²) in [4.78, 5) is 4.46. The molecule has 0 bridgehead atoms. The minimum Gasteiger partial charge on any atom is -0.383 e. The topological polar surface area (TPSA) is 42.7 Å². The lowest BCUT2D eigenvalue weighted by molar-refractivity contribution is 0.597. The van der Waals surface area contributed by atoms with Crippen LogP contribution in [0.2, 0.25) is 0 Å². The lowest BCUT2D eigenvalue weighted by Crippen LogP contribution is -2.14. The van der Waals surface area contributed by atoms with E-state index in [0.717, 1.165) is 43.3 Å². The number of aromatic nitrogens is 3. The molecule has 0 aliphatic rings. The van der Waals surface area contributed by atoms with Crippen LogP contribution < -0.4 is 5.32 Å². The first-order valence-corrected chi connectivity index (χ1v) is 6.65. The van der Waals surface area contributed by atoms with Crippen molar-refractivity contribution in [1.82, 2.24) is 14.8 Å². The normalized spacial score (nSPS) is 10.7. The molecule has 2 rings (SSSR count). The minimum atomic E-state index is -0.220. The molecule has 0 spiro atoms. The molecule has 1 aromatic carbocycles. The van der Waals surface area contributed by atoms with Gasteiger partial charge in [-0.3, -0.25) is 0 Å². The highest BCUT2D eigenvalue weighted by Gasteiger charge is 2.06. The molecule has 0 unspecified atom stereocenters. The van der Waals surface area contributed by atoms with E-state index in [2.05, 4.69) is 29.2 Å². The first-order valence-electron chi connectivity index (χ1n) is 6.65. The Morgan fingerprint density at radius 2 is 1.89 bits per heavy atom. The number of aryl methyl sites for hydroxylation is 2. The van der Waals surface area contributed by atoms with Gasteiger partial charge in [0.1, 0.15) is 11.6 Å². The van der Waals surface area contributed by atoms with Crippen molar-refractivity contribution < 1.29 is 4.39 Å². The van der Waals surface area contributed by atoms with Crippen LogP contribution in [0.25, 0.3) is 0 Å². The van der Waals surface area contributed by atoms with Gasteiger partial charge in [-0.2, -0.15) is 5.10 Å². The Morgan fingerprint density at radius 1 is 1.16 bits per heavy atom. The SMILES string of the molecule is CCc1nc(CC)n(CCNc2ccc(F)cc2)n1. The van der Waals surface area contributed by atoms with Gasteiger partial charge in [-0.25, -0.2) is 14.1 Å². The molecule has 5 heteroatoms. The number of hydrogen-bond acceptors (Lipinski definition) is 3. The van der Waals surface area contributed by atoms with E-state index in [1.54, 1.807) is 12.1 Å². The highest BCUT2D eigenvalue weighted by Crippen LogP contribution is 2.08. The van der Waals surface area contributed by atoms with Gasteiger partial charge >= 0.3 is 0 Å². The summed E-state index contributed by atoms with van der Waals surface area (Å²) in [5, 5.41) is 7.69. The lowest BCUT2D eigenvalue weighted by atomic mass is 10.3. The van der Waals surface area contributed by atoms with Crippen LogP contribution in [0, 0.1) is 5.82 Å². The molecule has 0 fully saturated rings. The largest absolute Gasteiger partial charge is 0.383 e. The van der Waals surface area contributed by atoms with E-state index in [-0.39, 0.29) is 5.82 Å². The molecule has 0 radical (unpaired) electrons. The number of benzene rings is 1. The molecule has 1 aromatic heterocycles. The second-order valence-corrected chi connectivity index (χ2v) is 4.31. The molecular weight excluding hydrogens is 243 g/mol. The Hall–Kier alpha value is -1.91. The first kappa shape index (κ1) is 13.5. The fraction of sp³-hybridized carbons (Fsp3) is 0.429. The molecule has 1 N–H and O–H groups in total. The van der Waals surface area contributed by atoms with Crippen molar-refractivity contribution >= 4 is 5.69 Å². The quantitative estimate of drug-likeness (QED) is 0.870. The van der Waals surface area contributed by atoms with Crippen molar-refractivity contribution in [2.24, 2.45) is 0 Å². The van der Waals surface area contributed by atoms with Gasteiger partial charge in [0.15, 0.2) is 5.82 Å². The summed E-state index contributed by atoms with van der Waals surface area (Å²) in [6.45, 7) is 5.63. The maximum absolute atomic E-state index is 12.8. The molecule has 102 valence electrons. The van der Waals surface area contributed by atoms with E-state index in [0.29, 0.717) is 0 Å². The highest BCUT2D eigenvalue weighted by atomic mass is 19.1. The van der Waals surface area contributed by atoms with Gasteiger partial charge < -0.3 is 5.32 Å². The van der Waals surface area contributed by atoms with Crippen molar-refractivity contribution in [3.63, 3.8) is 0 Å². The number of nitrogens with one attached hydrogen (secondary N) is 1. The molecule has 0 saturated carbocycles. The van der Waals surface area contributed by atoms with Gasteiger partial charge in [0, 0.05) is 25.1 Å². The molecule has 0 aliphatic heterocycles. The Balaban J connectivity index is 1.91. The lowest BCUT2D eigenvalue weighted by Gasteiger charge is -2.07. The fourth-order valence-corrected chi connectivity index (χ4v) is 1.89. The molecular formula is C14H19FN4. The van der Waals surface area contributed by atoms with Gasteiger partial charge in [-0.05, 0) is 24.3 Å². The third kappa shape index (κ3) is 3.53. The van der Waals surface area contributed by atoms with Gasteiger partial charge in [0.25, 0.3) is 0 Å². The summed E-state index contributed by atoms with van der Waals surface area (Å²) in [5.41, 5.74) is 0.912. The zero-order chi connectivity index (χ0) is 13.7. The average molecular weight is 262 g/mol. The van der Waals surface area contributed by atoms with Gasteiger partial charge in [0.05, 0.1) is 6.54 Å². The second-order valence-electron chi connectivity index (χ2n) is 4.31. The Morgan fingerprint density at radius 3 is 2.53 bits per heavy atom. The van der Waals surface area contributed by atoms with Crippen LogP contribution in [0.5, 0.6) is 0 Å². The van der Waals surface area contributed by atoms with Gasteiger partial charge in [0.2, 0.25) is 0 Å². The van der Waals surface area contributed by atoms with Crippen LogP contribution in [0.15, 0.2) is 24.3 Å². The summed E-state index contributed by atoms with van der Waals surface area (Å²) in [6, 6.07) is 6.36. The fourth-order valence-electron chi connectivity index (χ4n) is 1.89. The van der Waals surface area contributed by atoms with E-state index in [1.807, 2.05) is 4.68 Å². The molecule has 0 aliphatic carbocycles. The Labute approximate surface area is 112 Å². The summed E-state index contributed by atoms with van der Waals surface area (Å²) >= 11 is 0. The van der Waals surface area contributed by atoms with Gasteiger partial charge in [-0.1, -0.05) is 13.8 Å². The number of hydrogen-bond donors (Lipinski definition) is 1. The number of rotatable bonds is 6. The molecule has 0 amide bonds. The average Bonchev–Trinajstić information content (AvgIpc) is 2.83. The molecule has 0 atom stereocenters. The van der Waals surface area contributed by atoms with Crippen molar-refractivity contribution in [1.29, 1.82) is 0 Å². The van der Waals surface area contributed by atoms with Crippen LogP contribution >= 0.6 is 0 Å². The molecule has 19 heavy (non-hydrogen) atoms. The third-order valence-electron chi connectivity index (χ3n) is 2.92. The maximum Gasteiger partial charge on any atom is 0.150 e. The minimum absolute atomic E-state index is 0.220. The van der Waals surface area contributed by atoms with E-state index in [1.165, 1.54) is 12.1 Å². The standard InChI is InChI=1S/C14H19FN4/c1-3-13-17-14(4-2)19(18-13)10-9-16-12-7-5-11(15)6-8-12/h5-8,16H,3-4,9-10H2,1-2H3. The zero-order valence-electron chi connectivity index (χ0n) is 11.4. The summed E-state index contributed by atoms with van der Waals surface area (Å²) < 4.78 is 14.7. The Bertz CT molecular complexity index is 519. The van der Waals surface area contributed by atoms with Crippen LogP contribution in [0.4, 0.5) is 10.1 Å². The van der Waals surface area contributed by atoms with Crippen molar-refractivity contribution in [2.45, 2.75) is 33.2 Å². The predicted molar refractivity (Wildman–Crippen MR) is 73.7 cm³/mol. The summed E-state index contributed by atoms with van der Waals surface area (Å²) in [5.74, 6) is 1.68. The van der Waals surface area contributed by atoms with Crippen LogP contribution in [-0.2, 0) is 19.4 Å². The van der Waals surface area contributed by atoms with Crippen LogP contribution in [-0.4, -0.2) is 21.3 Å². The van der Waals surface area contributed by atoms with E-state index >= 15 is 0 Å². The zero-order valence-corrected chi connectivity index (χ0v) is 11.4. The number of halogens is 1. The number of nitrogens with zero attached hydrogens (tertiary/aromatic N) is 3. The first-order chi connectivity index (χ1) is 9.22. The van der Waals surface area contributed by atoms with E-state index in [9.17, 15) is 4.39 Å². The molecule has 2 aromatic rings. The Kier molecular flexibility index (Phi) is 4.49. The smallest absolute Gasteiger partial charge is 0.150 e.